The van der Waals surface area contributed by atoms with Crippen molar-refractivity contribution in [3.05, 3.63) is 22.8 Å². The zero-order valence-electron chi connectivity index (χ0n) is 11.9. The Hall–Kier alpha value is -1.36. The number of fused-ring (bicyclic) bond motifs is 1. The van der Waals surface area contributed by atoms with Gasteiger partial charge in [0.1, 0.15) is 11.6 Å². The second-order valence-corrected chi connectivity index (χ2v) is 5.57. The highest BCUT2D eigenvalue weighted by Gasteiger charge is 2.06. The smallest absolute Gasteiger partial charge is 0.145 e. The number of hydrogen-bond donors (Lipinski definition) is 1. The molecular weight excluding hydrogens is 318 g/mol. The summed E-state index contributed by atoms with van der Waals surface area (Å²) >= 11 is 3.47. The van der Waals surface area contributed by atoms with Gasteiger partial charge in [-0.25, -0.2) is 4.98 Å². The molecule has 108 valence electrons. The van der Waals surface area contributed by atoms with E-state index in [0.29, 0.717) is 0 Å². The number of unbranched alkanes of at least 4 members (excludes halogenated alkanes) is 3. The first-order valence-corrected chi connectivity index (χ1v) is 7.78. The van der Waals surface area contributed by atoms with Crippen molar-refractivity contribution >= 4 is 32.8 Å². The number of hydrogen-bond acceptors (Lipinski definition) is 4. The van der Waals surface area contributed by atoms with Crippen molar-refractivity contribution in [3.63, 3.8) is 0 Å². The molecule has 1 aromatic carbocycles. The molecule has 20 heavy (non-hydrogen) atoms. The summed E-state index contributed by atoms with van der Waals surface area (Å²) in [6.45, 7) is 3.16. The molecule has 0 amide bonds. The molecule has 0 atom stereocenters. The Bertz CT molecular complexity index is 574. The van der Waals surface area contributed by atoms with E-state index in [1.54, 1.807) is 13.3 Å². The first kappa shape index (κ1) is 15.0. The molecule has 0 aliphatic rings. The Morgan fingerprint density at radius 3 is 2.80 bits per heavy atom. The number of benzene rings is 1. The first-order chi connectivity index (χ1) is 9.74. The van der Waals surface area contributed by atoms with Gasteiger partial charge in [-0.3, -0.25) is 4.98 Å². The number of rotatable bonds is 7. The van der Waals surface area contributed by atoms with Crippen LogP contribution in [0.5, 0.6) is 5.75 Å². The number of anilines is 1. The van der Waals surface area contributed by atoms with Gasteiger partial charge in [0, 0.05) is 12.6 Å². The summed E-state index contributed by atoms with van der Waals surface area (Å²) in [6, 6.07) is 3.82. The highest BCUT2D eigenvalue weighted by Crippen LogP contribution is 2.28. The maximum Gasteiger partial charge on any atom is 0.145 e. The SMILES string of the molecule is CCCCCCNc1cnc2cc(OC)c(Br)cc2n1. The van der Waals surface area contributed by atoms with Gasteiger partial charge in [0.05, 0.1) is 28.8 Å². The van der Waals surface area contributed by atoms with Crippen LogP contribution < -0.4 is 10.1 Å². The fourth-order valence-electron chi connectivity index (χ4n) is 2.02. The van der Waals surface area contributed by atoms with E-state index in [1.165, 1.54) is 25.7 Å². The minimum absolute atomic E-state index is 0.770. The van der Waals surface area contributed by atoms with Crippen molar-refractivity contribution in [3.8, 4) is 5.75 Å². The average molecular weight is 338 g/mol. The average Bonchev–Trinajstić information content (AvgIpc) is 2.46. The Morgan fingerprint density at radius 1 is 1.20 bits per heavy atom. The molecule has 0 fully saturated rings. The fraction of sp³-hybridized carbons (Fsp3) is 0.467. The predicted molar refractivity (Wildman–Crippen MR) is 86.4 cm³/mol. The maximum atomic E-state index is 5.26. The molecule has 0 radical (unpaired) electrons. The van der Waals surface area contributed by atoms with Crippen LogP contribution in [-0.4, -0.2) is 23.6 Å². The lowest BCUT2D eigenvalue weighted by molar-refractivity contribution is 0.412. The summed E-state index contributed by atoms with van der Waals surface area (Å²) < 4.78 is 6.15. The minimum Gasteiger partial charge on any atom is -0.495 e. The van der Waals surface area contributed by atoms with E-state index in [9.17, 15) is 0 Å². The summed E-state index contributed by atoms with van der Waals surface area (Å²) in [6.07, 6.45) is 6.74. The van der Waals surface area contributed by atoms with Crippen molar-refractivity contribution in [1.82, 2.24) is 9.97 Å². The van der Waals surface area contributed by atoms with Gasteiger partial charge in [-0.15, -0.1) is 0 Å². The summed E-state index contributed by atoms with van der Waals surface area (Å²) in [7, 11) is 1.64. The molecule has 1 aromatic heterocycles. The fourth-order valence-corrected chi connectivity index (χ4v) is 2.52. The highest BCUT2D eigenvalue weighted by molar-refractivity contribution is 9.10. The minimum atomic E-state index is 0.770. The largest absolute Gasteiger partial charge is 0.495 e. The molecular formula is C15H20BrN3O. The van der Waals surface area contributed by atoms with Gasteiger partial charge < -0.3 is 10.1 Å². The van der Waals surface area contributed by atoms with Crippen LogP contribution in [0.4, 0.5) is 5.82 Å². The van der Waals surface area contributed by atoms with Crippen LogP contribution in [0.2, 0.25) is 0 Å². The molecule has 2 rings (SSSR count). The Kier molecular flexibility index (Phi) is 5.59. The van der Waals surface area contributed by atoms with Gasteiger partial charge in [-0.1, -0.05) is 26.2 Å². The molecule has 0 unspecified atom stereocenters. The molecule has 1 heterocycles. The number of nitrogens with one attached hydrogen (secondary N) is 1. The summed E-state index contributed by atoms with van der Waals surface area (Å²) in [5.41, 5.74) is 1.69. The zero-order valence-corrected chi connectivity index (χ0v) is 13.5. The lowest BCUT2D eigenvalue weighted by Crippen LogP contribution is -2.04. The monoisotopic (exact) mass is 337 g/mol. The summed E-state index contributed by atoms with van der Waals surface area (Å²) in [5.74, 6) is 1.60. The van der Waals surface area contributed by atoms with Crippen LogP contribution in [0.1, 0.15) is 32.6 Å². The molecule has 1 N–H and O–H groups in total. The van der Waals surface area contributed by atoms with Gasteiger partial charge >= 0.3 is 0 Å². The van der Waals surface area contributed by atoms with E-state index in [4.69, 9.17) is 4.74 Å². The van der Waals surface area contributed by atoms with Crippen LogP contribution in [-0.2, 0) is 0 Å². The van der Waals surface area contributed by atoms with Crippen molar-refractivity contribution in [1.29, 1.82) is 0 Å². The highest BCUT2D eigenvalue weighted by atomic mass is 79.9. The molecule has 5 heteroatoms. The van der Waals surface area contributed by atoms with Crippen LogP contribution in [0.15, 0.2) is 22.8 Å². The van der Waals surface area contributed by atoms with Gasteiger partial charge in [0.15, 0.2) is 0 Å². The van der Waals surface area contributed by atoms with Crippen LogP contribution in [0.25, 0.3) is 11.0 Å². The van der Waals surface area contributed by atoms with E-state index in [2.05, 4.69) is 38.1 Å². The van der Waals surface area contributed by atoms with Crippen molar-refractivity contribution in [2.75, 3.05) is 19.0 Å². The summed E-state index contributed by atoms with van der Waals surface area (Å²) in [5, 5.41) is 3.32. The van der Waals surface area contributed by atoms with Gasteiger partial charge in [0.25, 0.3) is 0 Å². The lowest BCUT2D eigenvalue weighted by Gasteiger charge is -2.08. The van der Waals surface area contributed by atoms with Crippen molar-refractivity contribution in [2.45, 2.75) is 32.6 Å². The molecule has 0 spiro atoms. The van der Waals surface area contributed by atoms with E-state index in [0.717, 1.165) is 33.6 Å². The molecule has 2 aromatic rings. The maximum absolute atomic E-state index is 5.26. The van der Waals surface area contributed by atoms with Crippen LogP contribution in [0, 0.1) is 0 Å². The number of aromatic nitrogens is 2. The normalized spacial score (nSPS) is 10.8. The number of methoxy groups -OCH3 is 1. The zero-order chi connectivity index (χ0) is 14.4. The number of nitrogens with zero attached hydrogens (tertiary/aromatic N) is 2. The molecule has 0 aliphatic heterocycles. The van der Waals surface area contributed by atoms with E-state index < -0.39 is 0 Å². The molecule has 0 saturated carbocycles. The quantitative estimate of drug-likeness (QED) is 0.761. The first-order valence-electron chi connectivity index (χ1n) is 6.98. The molecule has 0 aliphatic carbocycles. The topological polar surface area (TPSA) is 47.0 Å². The van der Waals surface area contributed by atoms with Crippen molar-refractivity contribution in [2.24, 2.45) is 0 Å². The van der Waals surface area contributed by atoms with E-state index in [1.807, 2.05) is 12.1 Å². The van der Waals surface area contributed by atoms with Gasteiger partial charge in [-0.05, 0) is 28.4 Å². The molecule has 4 nitrogen and oxygen atoms in total. The Labute approximate surface area is 128 Å². The second-order valence-electron chi connectivity index (χ2n) is 4.72. The standard InChI is InChI=1S/C15H20BrN3O/c1-3-4-5-6-7-17-15-10-18-12-9-14(20-2)11(16)8-13(12)19-15/h8-10H,3-7H2,1-2H3,(H,17,19). The number of halogens is 1. The second kappa shape index (κ2) is 7.43. The van der Waals surface area contributed by atoms with Crippen molar-refractivity contribution < 1.29 is 4.74 Å². The van der Waals surface area contributed by atoms with Gasteiger partial charge in [0.2, 0.25) is 0 Å². The van der Waals surface area contributed by atoms with Gasteiger partial charge in [-0.2, -0.15) is 0 Å². The predicted octanol–water partition coefficient (Wildman–Crippen LogP) is 4.39. The molecule has 0 saturated heterocycles. The van der Waals surface area contributed by atoms with Crippen LogP contribution >= 0.6 is 15.9 Å². The summed E-state index contributed by atoms with van der Waals surface area (Å²) in [4.78, 5) is 8.99. The third-order valence-electron chi connectivity index (χ3n) is 3.15. The van der Waals surface area contributed by atoms with Crippen LogP contribution in [0.3, 0.4) is 0 Å². The third-order valence-corrected chi connectivity index (χ3v) is 3.77. The Morgan fingerprint density at radius 2 is 2.05 bits per heavy atom. The lowest BCUT2D eigenvalue weighted by atomic mass is 10.2. The van der Waals surface area contributed by atoms with E-state index >= 15 is 0 Å². The number of ether oxygens (including phenoxy) is 1. The molecule has 0 bridgehead atoms. The Balaban J connectivity index is 2.05. The van der Waals surface area contributed by atoms with E-state index in [-0.39, 0.29) is 0 Å². The third kappa shape index (κ3) is 3.82.